The highest BCUT2D eigenvalue weighted by Crippen LogP contribution is 2.32. The molecule has 1 saturated heterocycles. The van der Waals surface area contributed by atoms with Crippen molar-refractivity contribution in [2.75, 3.05) is 12.4 Å². The number of aryl methyl sites for hydroxylation is 1. The second kappa shape index (κ2) is 5.20. The second-order valence-corrected chi connectivity index (χ2v) is 5.42. The van der Waals surface area contributed by atoms with Crippen LogP contribution in [0.3, 0.4) is 0 Å². The van der Waals surface area contributed by atoms with Crippen molar-refractivity contribution in [2.45, 2.75) is 19.4 Å². The number of hydrogen-bond donors (Lipinski definition) is 1. The SMILES string of the molecule is Cc1cc(NC2CC(=O)N(C)C2=O)c(Br)cc1[N+](=O)[O-]. The van der Waals surface area contributed by atoms with Crippen molar-refractivity contribution < 1.29 is 14.5 Å². The Morgan fingerprint density at radius 3 is 2.60 bits per heavy atom. The van der Waals surface area contributed by atoms with Crippen LogP contribution in [0.4, 0.5) is 11.4 Å². The molecule has 1 N–H and O–H groups in total. The van der Waals surface area contributed by atoms with Crippen molar-refractivity contribution >= 4 is 39.1 Å². The minimum absolute atomic E-state index is 0.00614. The van der Waals surface area contributed by atoms with E-state index in [0.717, 1.165) is 4.90 Å². The number of carbonyl (C=O) groups excluding carboxylic acids is 2. The third-order valence-electron chi connectivity index (χ3n) is 3.19. The number of rotatable bonds is 3. The number of likely N-dealkylation sites (tertiary alicyclic amines) is 1. The maximum absolute atomic E-state index is 11.8. The number of nitro benzene ring substituents is 1. The Hall–Kier alpha value is -1.96. The second-order valence-electron chi connectivity index (χ2n) is 4.57. The Kier molecular flexibility index (Phi) is 3.76. The van der Waals surface area contributed by atoms with Crippen molar-refractivity contribution in [2.24, 2.45) is 0 Å². The predicted molar refractivity (Wildman–Crippen MR) is 75.3 cm³/mol. The maximum atomic E-state index is 11.8. The van der Waals surface area contributed by atoms with Gasteiger partial charge in [-0.05, 0) is 28.9 Å². The zero-order valence-corrected chi connectivity index (χ0v) is 12.4. The smallest absolute Gasteiger partial charge is 0.273 e. The summed E-state index contributed by atoms with van der Waals surface area (Å²) in [6, 6.07) is 2.32. The van der Waals surface area contributed by atoms with Gasteiger partial charge in [-0.1, -0.05) is 0 Å². The van der Waals surface area contributed by atoms with E-state index in [0.29, 0.717) is 15.7 Å². The van der Waals surface area contributed by atoms with Crippen molar-refractivity contribution in [3.05, 3.63) is 32.3 Å². The van der Waals surface area contributed by atoms with Crippen LogP contribution in [0.2, 0.25) is 0 Å². The summed E-state index contributed by atoms with van der Waals surface area (Å²) in [5.41, 5.74) is 1.02. The normalized spacial score (nSPS) is 18.6. The Morgan fingerprint density at radius 2 is 2.10 bits per heavy atom. The lowest BCUT2D eigenvalue weighted by Crippen LogP contribution is -2.31. The Morgan fingerprint density at radius 1 is 1.45 bits per heavy atom. The molecule has 1 aromatic carbocycles. The standard InChI is InChI=1S/C12H12BrN3O4/c1-6-3-8(7(13)4-10(6)16(19)20)14-9-5-11(17)15(2)12(9)18/h3-4,9,14H,5H2,1-2H3. The number of halogens is 1. The molecule has 20 heavy (non-hydrogen) atoms. The number of nitrogens with one attached hydrogen (secondary N) is 1. The first-order valence-corrected chi connectivity index (χ1v) is 6.62. The molecular weight excluding hydrogens is 330 g/mol. The molecule has 2 amide bonds. The molecule has 1 unspecified atom stereocenters. The Balaban J connectivity index is 2.27. The number of hydrogen-bond acceptors (Lipinski definition) is 5. The van der Waals surface area contributed by atoms with Gasteiger partial charge < -0.3 is 5.32 Å². The van der Waals surface area contributed by atoms with E-state index < -0.39 is 11.0 Å². The first kappa shape index (κ1) is 14.4. The van der Waals surface area contributed by atoms with Gasteiger partial charge in [0.2, 0.25) is 5.91 Å². The summed E-state index contributed by atoms with van der Waals surface area (Å²) < 4.78 is 0.476. The summed E-state index contributed by atoms with van der Waals surface area (Å²) in [5, 5.41) is 13.8. The van der Waals surface area contributed by atoms with Crippen LogP contribution in [0, 0.1) is 17.0 Å². The lowest BCUT2D eigenvalue weighted by atomic mass is 10.1. The molecule has 8 heteroatoms. The highest BCUT2D eigenvalue weighted by molar-refractivity contribution is 9.10. The fourth-order valence-corrected chi connectivity index (χ4v) is 2.48. The van der Waals surface area contributed by atoms with Crippen molar-refractivity contribution in [3.63, 3.8) is 0 Å². The quantitative estimate of drug-likeness (QED) is 0.514. The van der Waals surface area contributed by atoms with Crippen molar-refractivity contribution in [1.82, 2.24) is 4.90 Å². The molecule has 0 bridgehead atoms. The number of amides is 2. The van der Waals surface area contributed by atoms with Gasteiger partial charge in [0.1, 0.15) is 6.04 Å². The first-order valence-electron chi connectivity index (χ1n) is 5.82. The molecule has 1 heterocycles. The van der Waals surface area contributed by atoms with Gasteiger partial charge in [-0.25, -0.2) is 0 Å². The number of likely N-dealkylation sites (N-methyl/N-ethyl adjacent to an activating group) is 1. The van der Waals surface area contributed by atoms with Crippen LogP contribution in [0.5, 0.6) is 0 Å². The summed E-state index contributed by atoms with van der Waals surface area (Å²) >= 11 is 3.23. The fourth-order valence-electron chi connectivity index (χ4n) is 2.03. The van der Waals surface area contributed by atoms with Gasteiger partial charge in [0.15, 0.2) is 0 Å². The molecule has 0 aliphatic carbocycles. The first-order chi connectivity index (χ1) is 9.31. The Bertz CT molecular complexity index is 617. The predicted octanol–water partition coefficient (Wildman–Crippen LogP) is 1.83. The summed E-state index contributed by atoms with van der Waals surface area (Å²) in [6.45, 7) is 1.61. The zero-order valence-electron chi connectivity index (χ0n) is 10.8. The Labute approximate surface area is 123 Å². The minimum Gasteiger partial charge on any atom is -0.372 e. The third kappa shape index (κ3) is 2.51. The average molecular weight is 342 g/mol. The molecule has 2 rings (SSSR count). The molecule has 1 aliphatic rings. The number of anilines is 1. The van der Waals surface area contributed by atoms with Crippen molar-refractivity contribution in [1.29, 1.82) is 0 Å². The van der Waals surface area contributed by atoms with Crippen LogP contribution in [0.1, 0.15) is 12.0 Å². The van der Waals surface area contributed by atoms with Crippen LogP contribution in [-0.4, -0.2) is 34.7 Å². The van der Waals surface area contributed by atoms with Gasteiger partial charge in [0.25, 0.3) is 11.6 Å². The van der Waals surface area contributed by atoms with E-state index in [9.17, 15) is 19.7 Å². The topological polar surface area (TPSA) is 92.6 Å². The van der Waals surface area contributed by atoms with E-state index in [2.05, 4.69) is 21.2 Å². The van der Waals surface area contributed by atoms with E-state index in [-0.39, 0.29) is 23.9 Å². The van der Waals surface area contributed by atoms with Crippen LogP contribution in [0.15, 0.2) is 16.6 Å². The molecule has 7 nitrogen and oxygen atoms in total. The summed E-state index contributed by atoms with van der Waals surface area (Å²) in [4.78, 5) is 34.7. The van der Waals surface area contributed by atoms with Gasteiger partial charge in [-0.2, -0.15) is 0 Å². The van der Waals surface area contributed by atoms with Gasteiger partial charge in [0.05, 0.1) is 11.3 Å². The lowest BCUT2D eigenvalue weighted by molar-refractivity contribution is -0.385. The summed E-state index contributed by atoms with van der Waals surface area (Å²) in [6.07, 6.45) is 0.0812. The van der Waals surface area contributed by atoms with Crippen LogP contribution < -0.4 is 5.32 Å². The molecule has 1 aromatic rings. The third-order valence-corrected chi connectivity index (χ3v) is 3.85. The molecule has 1 atom stereocenters. The van der Waals surface area contributed by atoms with E-state index in [1.165, 1.54) is 13.1 Å². The molecule has 0 spiro atoms. The number of benzene rings is 1. The van der Waals surface area contributed by atoms with Crippen LogP contribution >= 0.6 is 15.9 Å². The highest BCUT2D eigenvalue weighted by Gasteiger charge is 2.36. The lowest BCUT2D eigenvalue weighted by Gasteiger charge is -2.14. The monoisotopic (exact) mass is 341 g/mol. The average Bonchev–Trinajstić information content (AvgIpc) is 2.61. The summed E-state index contributed by atoms with van der Waals surface area (Å²) in [7, 11) is 1.43. The van der Waals surface area contributed by atoms with E-state index in [1.54, 1.807) is 13.0 Å². The zero-order chi connectivity index (χ0) is 15.0. The van der Waals surface area contributed by atoms with E-state index >= 15 is 0 Å². The summed E-state index contributed by atoms with van der Waals surface area (Å²) in [5.74, 6) is -0.555. The van der Waals surface area contributed by atoms with Crippen LogP contribution in [-0.2, 0) is 9.59 Å². The number of imide groups is 1. The largest absolute Gasteiger partial charge is 0.372 e. The van der Waals surface area contributed by atoms with E-state index in [1.807, 2.05) is 0 Å². The molecule has 1 aliphatic heterocycles. The highest BCUT2D eigenvalue weighted by atomic mass is 79.9. The van der Waals surface area contributed by atoms with Crippen molar-refractivity contribution in [3.8, 4) is 0 Å². The van der Waals surface area contributed by atoms with Gasteiger partial charge in [-0.15, -0.1) is 0 Å². The van der Waals surface area contributed by atoms with Crippen LogP contribution in [0.25, 0.3) is 0 Å². The molecule has 1 fully saturated rings. The van der Waals surface area contributed by atoms with Gasteiger partial charge in [-0.3, -0.25) is 24.6 Å². The minimum atomic E-state index is -0.635. The molecular formula is C12H12BrN3O4. The van der Waals surface area contributed by atoms with Gasteiger partial charge >= 0.3 is 0 Å². The number of nitrogens with zero attached hydrogens (tertiary/aromatic N) is 2. The van der Waals surface area contributed by atoms with Gasteiger partial charge in [0, 0.05) is 28.8 Å². The number of nitro groups is 1. The molecule has 0 saturated carbocycles. The van der Waals surface area contributed by atoms with E-state index in [4.69, 9.17) is 0 Å². The maximum Gasteiger partial charge on any atom is 0.273 e. The number of carbonyl (C=O) groups is 2. The fraction of sp³-hybridized carbons (Fsp3) is 0.333. The molecule has 106 valence electrons. The molecule has 0 aromatic heterocycles. The molecule has 0 radical (unpaired) electrons.